The topological polar surface area (TPSA) is 92.6 Å². The quantitative estimate of drug-likeness (QED) is 0.230. The highest BCUT2D eigenvalue weighted by molar-refractivity contribution is 7.14. The maximum Gasteiger partial charge on any atom is 0.304 e. The number of methoxy groups -OCH3 is 1. The number of carboxylic acids is 1. The number of carbonyl (C=O) groups excluding carboxylic acids is 1. The maximum absolute atomic E-state index is 13.8. The summed E-state index contributed by atoms with van der Waals surface area (Å²) >= 11 is 1.35. The lowest BCUT2D eigenvalue weighted by atomic mass is 9.83. The largest absolute Gasteiger partial charge is 0.481 e. The average molecular weight is 528 g/mol. The smallest absolute Gasteiger partial charge is 0.304 e. The zero-order valence-corrected chi connectivity index (χ0v) is 22.1. The molecule has 0 aliphatic carbocycles. The number of rotatable bonds is 11. The lowest BCUT2D eigenvalue weighted by molar-refractivity contribution is -0.140. The normalized spacial score (nSPS) is 12.4. The van der Waals surface area contributed by atoms with Crippen molar-refractivity contribution in [1.82, 2.24) is 9.97 Å². The fraction of sp³-hybridized carbons (Fsp3) is 0.200. The summed E-state index contributed by atoms with van der Waals surface area (Å²) in [7, 11) is 1.58. The number of carboxylic acid groups (broad SMARTS) is 1. The minimum atomic E-state index is -1.04. The van der Waals surface area contributed by atoms with E-state index in [4.69, 9.17) is 9.72 Å². The van der Waals surface area contributed by atoms with Crippen LogP contribution in [0.15, 0.2) is 91.0 Å². The summed E-state index contributed by atoms with van der Waals surface area (Å²) in [5.74, 6) is -2.07. The van der Waals surface area contributed by atoms with Gasteiger partial charge in [0.05, 0.1) is 25.1 Å². The minimum Gasteiger partial charge on any atom is -0.481 e. The zero-order chi connectivity index (χ0) is 27.1. The molecular formula is C30H29N3O4S. The fourth-order valence-electron chi connectivity index (χ4n) is 4.48. The van der Waals surface area contributed by atoms with Crippen LogP contribution >= 0.6 is 11.3 Å². The third-order valence-electron chi connectivity index (χ3n) is 6.35. The van der Waals surface area contributed by atoms with E-state index in [0.29, 0.717) is 17.6 Å². The highest BCUT2D eigenvalue weighted by atomic mass is 32.1. The van der Waals surface area contributed by atoms with Gasteiger partial charge in [-0.3, -0.25) is 14.5 Å². The molecule has 0 saturated heterocycles. The molecule has 0 bridgehead atoms. The van der Waals surface area contributed by atoms with Gasteiger partial charge in [-0.1, -0.05) is 60.7 Å². The van der Waals surface area contributed by atoms with E-state index in [9.17, 15) is 14.7 Å². The Kier molecular flexibility index (Phi) is 8.66. The predicted molar refractivity (Wildman–Crippen MR) is 150 cm³/mol. The van der Waals surface area contributed by atoms with Crippen molar-refractivity contribution in [3.8, 4) is 28.3 Å². The van der Waals surface area contributed by atoms with Crippen LogP contribution in [0.2, 0.25) is 0 Å². The van der Waals surface area contributed by atoms with Crippen LogP contribution in [-0.4, -0.2) is 40.6 Å². The first-order chi connectivity index (χ1) is 18.5. The van der Waals surface area contributed by atoms with Gasteiger partial charge < -0.3 is 9.84 Å². The van der Waals surface area contributed by atoms with Gasteiger partial charge in [0.15, 0.2) is 5.13 Å². The van der Waals surface area contributed by atoms with E-state index in [2.05, 4.69) is 11.6 Å². The number of carbonyl (C=O) groups is 2. The van der Waals surface area contributed by atoms with Crippen LogP contribution in [0.5, 0.6) is 5.88 Å². The first kappa shape index (κ1) is 26.8. The minimum absolute atomic E-state index is 0.294. The van der Waals surface area contributed by atoms with Crippen molar-refractivity contribution < 1.29 is 19.4 Å². The number of amides is 1. The molecule has 0 spiro atoms. The van der Waals surface area contributed by atoms with Crippen molar-refractivity contribution in [2.45, 2.75) is 19.3 Å². The van der Waals surface area contributed by atoms with Crippen LogP contribution in [0.3, 0.4) is 0 Å². The summed E-state index contributed by atoms with van der Waals surface area (Å²) in [4.78, 5) is 36.3. The molecule has 38 heavy (non-hydrogen) atoms. The molecule has 8 heteroatoms. The number of pyridine rings is 1. The molecule has 194 valence electrons. The molecule has 2 unspecified atom stereocenters. The number of aromatic nitrogens is 2. The molecule has 0 aliphatic heterocycles. The van der Waals surface area contributed by atoms with Crippen LogP contribution in [0.25, 0.3) is 22.4 Å². The highest BCUT2D eigenvalue weighted by Gasteiger charge is 2.34. The van der Waals surface area contributed by atoms with Gasteiger partial charge in [-0.05, 0) is 24.1 Å². The highest BCUT2D eigenvalue weighted by Crippen LogP contribution is 2.37. The second-order valence-corrected chi connectivity index (χ2v) is 9.45. The van der Waals surface area contributed by atoms with E-state index in [1.807, 2.05) is 73.0 Å². The average Bonchev–Trinajstić information content (AvgIpc) is 3.43. The third-order valence-corrected chi connectivity index (χ3v) is 7.21. The Bertz CT molecular complexity index is 1400. The molecule has 4 rings (SSSR count). The van der Waals surface area contributed by atoms with Crippen LogP contribution in [0.1, 0.15) is 24.8 Å². The molecule has 7 nitrogen and oxygen atoms in total. The van der Waals surface area contributed by atoms with Crippen LogP contribution in [0.4, 0.5) is 5.13 Å². The molecular weight excluding hydrogens is 498 g/mol. The van der Waals surface area contributed by atoms with Gasteiger partial charge in [-0.25, -0.2) is 9.97 Å². The molecule has 0 radical (unpaired) electrons. The number of aliphatic carboxylic acids is 1. The summed E-state index contributed by atoms with van der Waals surface area (Å²) < 4.78 is 5.18. The number of ether oxygens (including phenoxy) is 1. The van der Waals surface area contributed by atoms with Gasteiger partial charge in [0.2, 0.25) is 11.8 Å². The molecule has 4 aromatic rings. The van der Waals surface area contributed by atoms with Crippen molar-refractivity contribution in [1.29, 1.82) is 0 Å². The molecule has 2 atom stereocenters. The van der Waals surface area contributed by atoms with E-state index in [1.54, 1.807) is 30.3 Å². The van der Waals surface area contributed by atoms with Crippen molar-refractivity contribution in [2.75, 3.05) is 18.6 Å². The van der Waals surface area contributed by atoms with Crippen LogP contribution in [-0.2, 0) is 9.59 Å². The maximum atomic E-state index is 13.8. The number of benzene rings is 2. The first-order valence-electron chi connectivity index (χ1n) is 12.2. The lowest BCUT2D eigenvalue weighted by Gasteiger charge is -2.28. The van der Waals surface area contributed by atoms with E-state index in [0.717, 1.165) is 27.9 Å². The van der Waals surface area contributed by atoms with Crippen molar-refractivity contribution >= 4 is 28.3 Å². The Hall–Kier alpha value is -4.30. The van der Waals surface area contributed by atoms with E-state index in [-0.39, 0.29) is 12.3 Å². The molecule has 0 saturated carbocycles. The Morgan fingerprint density at radius 1 is 1.08 bits per heavy atom. The first-order valence-corrected chi connectivity index (χ1v) is 13.1. The monoisotopic (exact) mass is 527 g/mol. The second-order valence-electron chi connectivity index (χ2n) is 8.61. The summed E-state index contributed by atoms with van der Waals surface area (Å²) in [6, 6.07) is 21.0. The molecule has 2 aromatic carbocycles. The summed E-state index contributed by atoms with van der Waals surface area (Å²) in [6.45, 7) is 6.12. The van der Waals surface area contributed by atoms with Crippen LogP contribution in [0, 0.1) is 5.92 Å². The SMILES string of the molecule is C=CC(c1ccccc1)C(CC(=O)O)C(=O)N(CC)c1nc(-c2ccccc2-c2ccc(OC)nc2)cs1. The van der Waals surface area contributed by atoms with Gasteiger partial charge in [0.1, 0.15) is 0 Å². The van der Waals surface area contributed by atoms with Crippen molar-refractivity contribution in [2.24, 2.45) is 5.92 Å². The molecule has 1 N–H and O–H groups in total. The number of anilines is 1. The Morgan fingerprint density at radius 2 is 1.79 bits per heavy atom. The number of thiazole rings is 1. The Morgan fingerprint density at radius 3 is 2.39 bits per heavy atom. The van der Waals surface area contributed by atoms with Crippen molar-refractivity contribution in [3.63, 3.8) is 0 Å². The summed E-state index contributed by atoms with van der Waals surface area (Å²) in [6.07, 6.45) is 3.09. The zero-order valence-electron chi connectivity index (χ0n) is 21.3. The number of allylic oxidation sites excluding steroid dienone is 1. The van der Waals surface area contributed by atoms with E-state index in [1.165, 1.54) is 11.3 Å². The second kappa shape index (κ2) is 12.3. The number of nitrogens with zero attached hydrogens (tertiary/aromatic N) is 3. The van der Waals surface area contributed by atoms with E-state index < -0.39 is 17.8 Å². The molecule has 2 aromatic heterocycles. The fourth-order valence-corrected chi connectivity index (χ4v) is 5.37. The molecule has 0 aliphatic rings. The predicted octanol–water partition coefficient (Wildman–Crippen LogP) is 6.29. The van der Waals surface area contributed by atoms with Crippen molar-refractivity contribution in [3.05, 3.63) is 96.5 Å². The Balaban J connectivity index is 1.67. The van der Waals surface area contributed by atoms with E-state index >= 15 is 0 Å². The lowest BCUT2D eigenvalue weighted by Crippen LogP contribution is -2.39. The molecule has 0 fully saturated rings. The number of hydrogen-bond donors (Lipinski definition) is 1. The summed E-state index contributed by atoms with van der Waals surface area (Å²) in [5, 5.41) is 12.1. The number of hydrogen-bond acceptors (Lipinski definition) is 6. The van der Waals surface area contributed by atoms with Gasteiger partial charge in [0, 0.05) is 41.2 Å². The third kappa shape index (κ3) is 5.81. The van der Waals surface area contributed by atoms with Gasteiger partial charge >= 0.3 is 5.97 Å². The van der Waals surface area contributed by atoms with Crippen LogP contribution < -0.4 is 9.64 Å². The standard InChI is InChI=1S/C30H29N3O4S/c1-4-22(20-11-7-6-8-12-20)25(17-28(34)35)29(36)33(5-2)30-32-26(19-38-30)24-14-10-9-13-23(24)21-15-16-27(37-3)31-18-21/h4,6-16,18-19,22,25H,1,5,17H2,2-3H3,(H,34,35). The van der Waals surface area contributed by atoms with Gasteiger partial charge in [-0.15, -0.1) is 17.9 Å². The van der Waals surface area contributed by atoms with Gasteiger partial charge in [0.25, 0.3) is 0 Å². The molecule has 2 heterocycles. The summed E-state index contributed by atoms with van der Waals surface area (Å²) in [5.41, 5.74) is 4.34. The Labute approximate surface area is 226 Å². The molecule has 1 amide bonds. The van der Waals surface area contributed by atoms with Gasteiger partial charge in [-0.2, -0.15) is 0 Å².